The van der Waals surface area contributed by atoms with Gasteiger partial charge < -0.3 is 16.0 Å². The highest BCUT2D eigenvalue weighted by atomic mass is 19.1. The van der Waals surface area contributed by atoms with Crippen molar-refractivity contribution in [2.45, 2.75) is 6.54 Å². The number of urea groups is 1. The second-order valence-corrected chi connectivity index (χ2v) is 4.64. The summed E-state index contributed by atoms with van der Waals surface area (Å²) in [5.41, 5.74) is 7.00. The van der Waals surface area contributed by atoms with E-state index in [1.165, 1.54) is 12.1 Å². The SMILES string of the molecule is NCCN(Cc1ccccc1)C(=O)Nc1cccc(F)c1. The van der Waals surface area contributed by atoms with Crippen LogP contribution in [0.2, 0.25) is 0 Å². The maximum Gasteiger partial charge on any atom is 0.322 e. The molecule has 0 saturated carbocycles. The van der Waals surface area contributed by atoms with Gasteiger partial charge in [-0.3, -0.25) is 0 Å². The van der Waals surface area contributed by atoms with E-state index in [0.717, 1.165) is 5.56 Å². The fraction of sp³-hybridized carbons (Fsp3) is 0.188. The Morgan fingerprint density at radius 1 is 1.14 bits per heavy atom. The van der Waals surface area contributed by atoms with Gasteiger partial charge in [0.15, 0.2) is 0 Å². The van der Waals surface area contributed by atoms with Gasteiger partial charge in [0.2, 0.25) is 0 Å². The molecule has 21 heavy (non-hydrogen) atoms. The van der Waals surface area contributed by atoms with Crippen molar-refractivity contribution in [1.29, 1.82) is 0 Å². The first-order chi connectivity index (χ1) is 10.2. The van der Waals surface area contributed by atoms with E-state index >= 15 is 0 Å². The lowest BCUT2D eigenvalue weighted by Gasteiger charge is -2.22. The summed E-state index contributed by atoms with van der Waals surface area (Å²) in [4.78, 5) is 13.9. The third-order valence-corrected chi connectivity index (χ3v) is 2.98. The summed E-state index contributed by atoms with van der Waals surface area (Å²) in [6, 6.07) is 15.1. The number of hydrogen-bond donors (Lipinski definition) is 2. The molecule has 110 valence electrons. The standard InChI is InChI=1S/C16H18FN3O/c17-14-7-4-8-15(11-14)19-16(21)20(10-9-18)12-13-5-2-1-3-6-13/h1-8,11H,9-10,12,18H2,(H,19,21). The maximum absolute atomic E-state index is 13.1. The number of benzene rings is 2. The monoisotopic (exact) mass is 287 g/mol. The number of carbonyl (C=O) groups excluding carboxylic acids is 1. The molecule has 4 nitrogen and oxygen atoms in total. The molecule has 2 amide bonds. The van der Waals surface area contributed by atoms with Crippen LogP contribution in [0.3, 0.4) is 0 Å². The Morgan fingerprint density at radius 2 is 1.90 bits per heavy atom. The zero-order valence-electron chi connectivity index (χ0n) is 11.6. The Bertz CT molecular complexity index is 589. The van der Waals surface area contributed by atoms with Crippen molar-refractivity contribution in [2.75, 3.05) is 18.4 Å². The van der Waals surface area contributed by atoms with Gasteiger partial charge in [0.05, 0.1) is 0 Å². The highest BCUT2D eigenvalue weighted by molar-refractivity contribution is 5.89. The predicted molar refractivity (Wildman–Crippen MR) is 81.3 cm³/mol. The lowest BCUT2D eigenvalue weighted by atomic mass is 10.2. The smallest absolute Gasteiger partial charge is 0.322 e. The molecular weight excluding hydrogens is 269 g/mol. The van der Waals surface area contributed by atoms with E-state index in [9.17, 15) is 9.18 Å². The first-order valence-corrected chi connectivity index (χ1v) is 6.74. The molecule has 2 aromatic rings. The Morgan fingerprint density at radius 3 is 2.57 bits per heavy atom. The van der Waals surface area contributed by atoms with Crippen LogP contribution in [0.15, 0.2) is 54.6 Å². The molecule has 0 aliphatic rings. The van der Waals surface area contributed by atoms with Gasteiger partial charge in [-0.05, 0) is 23.8 Å². The van der Waals surface area contributed by atoms with Gasteiger partial charge in [-0.1, -0.05) is 36.4 Å². The molecule has 0 radical (unpaired) electrons. The number of carbonyl (C=O) groups is 1. The van der Waals surface area contributed by atoms with E-state index in [2.05, 4.69) is 5.32 Å². The summed E-state index contributed by atoms with van der Waals surface area (Å²) in [6.45, 7) is 1.25. The lowest BCUT2D eigenvalue weighted by Crippen LogP contribution is -2.38. The molecule has 0 aliphatic carbocycles. The van der Waals surface area contributed by atoms with Crippen molar-refractivity contribution < 1.29 is 9.18 Å². The molecule has 3 N–H and O–H groups in total. The van der Waals surface area contributed by atoms with Crippen molar-refractivity contribution in [1.82, 2.24) is 4.90 Å². The first-order valence-electron chi connectivity index (χ1n) is 6.74. The molecule has 0 aromatic heterocycles. The number of nitrogens with one attached hydrogen (secondary N) is 1. The molecular formula is C16H18FN3O. The molecule has 0 spiro atoms. The molecule has 2 aromatic carbocycles. The molecule has 0 saturated heterocycles. The minimum Gasteiger partial charge on any atom is -0.329 e. The highest BCUT2D eigenvalue weighted by Crippen LogP contribution is 2.11. The van der Waals surface area contributed by atoms with E-state index in [-0.39, 0.29) is 11.8 Å². The normalized spacial score (nSPS) is 10.2. The Balaban J connectivity index is 2.05. The third kappa shape index (κ3) is 4.57. The van der Waals surface area contributed by atoms with Crippen LogP contribution < -0.4 is 11.1 Å². The second-order valence-electron chi connectivity index (χ2n) is 4.64. The maximum atomic E-state index is 13.1. The summed E-state index contributed by atoms with van der Waals surface area (Å²) in [6.07, 6.45) is 0. The van der Waals surface area contributed by atoms with Crippen LogP contribution in [0.4, 0.5) is 14.9 Å². The Kier molecular flexibility index (Phi) is 5.29. The average molecular weight is 287 g/mol. The molecule has 0 fully saturated rings. The topological polar surface area (TPSA) is 58.4 Å². The third-order valence-electron chi connectivity index (χ3n) is 2.98. The van der Waals surface area contributed by atoms with Crippen LogP contribution in [0.25, 0.3) is 0 Å². The van der Waals surface area contributed by atoms with E-state index in [1.54, 1.807) is 17.0 Å². The van der Waals surface area contributed by atoms with Crippen LogP contribution in [0, 0.1) is 5.82 Å². The van der Waals surface area contributed by atoms with Crippen molar-refractivity contribution >= 4 is 11.7 Å². The van der Waals surface area contributed by atoms with Crippen LogP contribution >= 0.6 is 0 Å². The molecule has 0 bridgehead atoms. The summed E-state index contributed by atoms with van der Waals surface area (Å²) in [5.74, 6) is -0.388. The quantitative estimate of drug-likeness (QED) is 0.888. The van der Waals surface area contributed by atoms with Crippen LogP contribution in [0.5, 0.6) is 0 Å². The number of nitrogens with zero attached hydrogens (tertiary/aromatic N) is 1. The van der Waals surface area contributed by atoms with Crippen molar-refractivity contribution in [2.24, 2.45) is 5.73 Å². The minimum absolute atomic E-state index is 0.296. The van der Waals surface area contributed by atoms with E-state index in [4.69, 9.17) is 5.73 Å². The van der Waals surface area contributed by atoms with Crippen molar-refractivity contribution in [3.05, 3.63) is 66.0 Å². The van der Waals surface area contributed by atoms with Gasteiger partial charge in [0.1, 0.15) is 5.82 Å². The summed E-state index contributed by atoms with van der Waals surface area (Å²) in [5, 5.41) is 2.68. The second kappa shape index (κ2) is 7.40. The number of hydrogen-bond acceptors (Lipinski definition) is 2. The molecule has 5 heteroatoms. The lowest BCUT2D eigenvalue weighted by molar-refractivity contribution is 0.210. The highest BCUT2D eigenvalue weighted by Gasteiger charge is 2.13. The van der Waals surface area contributed by atoms with Crippen LogP contribution in [0.1, 0.15) is 5.56 Å². The van der Waals surface area contributed by atoms with Crippen LogP contribution in [-0.2, 0) is 6.54 Å². The zero-order chi connectivity index (χ0) is 15.1. The fourth-order valence-electron chi connectivity index (χ4n) is 1.98. The van der Waals surface area contributed by atoms with Gasteiger partial charge in [-0.15, -0.1) is 0 Å². The molecule has 0 heterocycles. The van der Waals surface area contributed by atoms with Crippen molar-refractivity contribution in [3.8, 4) is 0 Å². The van der Waals surface area contributed by atoms with Gasteiger partial charge in [0.25, 0.3) is 0 Å². The van der Waals surface area contributed by atoms with E-state index in [0.29, 0.717) is 25.3 Å². The van der Waals surface area contributed by atoms with Gasteiger partial charge in [-0.25, -0.2) is 9.18 Å². The first kappa shape index (κ1) is 15.0. The molecule has 0 aliphatic heterocycles. The van der Waals surface area contributed by atoms with Gasteiger partial charge in [0, 0.05) is 25.3 Å². The van der Waals surface area contributed by atoms with Crippen LogP contribution in [-0.4, -0.2) is 24.0 Å². The molecule has 0 unspecified atom stereocenters. The zero-order valence-corrected chi connectivity index (χ0v) is 11.6. The summed E-state index contributed by atoms with van der Waals surface area (Å²) in [7, 11) is 0. The number of amides is 2. The van der Waals surface area contributed by atoms with Gasteiger partial charge in [-0.2, -0.15) is 0 Å². The number of rotatable bonds is 5. The summed E-state index contributed by atoms with van der Waals surface area (Å²) < 4.78 is 13.1. The van der Waals surface area contributed by atoms with E-state index in [1.807, 2.05) is 30.3 Å². The average Bonchev–Trinajstić information content (AvgIpc) is 2.48. The van der Waals surface area contributed by atoms with Gasteiger partial charge >= 0.3 is 6.03 Å². The Labute approximate surface area is 123 Å². The number of nitrogens with two attached hydrogens (primary N) is 1. The minimum atomic E-state index is -0.388. The number of halogens is 1. The molecule has 2 rings (SSSR count). The largest absolute Gasteiger partial charge is 0.329 e. The van der Waals surface area contributed by atoms with Crippen molar-refractivity contribution in [3.63, 3.8) is 0 Å². The Hall–Kier alpha value is -2.40. The molecule has 0 atom stereocenters. The number of anilines is 1. The summed E-state index contributed by atoms with van der Waals surface area (Å²) >= 11 is 0. The predicted octanol–water partition coefficient (Wildman–Crippen LogP) is 2.82. The van der Waals surface area contributed by atoms with E-state index < -0.39 is 0 Å². The fourth-order valence-corrected chi connectivity index (χ4v) is 1.98.